The molecule has 9 heteroatoms. The van der Waals surface area contributed by atoms with E-state index in [4.69, 9.17) is 16.0 Å². The zero-order valence-corrected chi connectivity index (χ0v) is 14.8. The summed E-state index contributed by atoms with van der Waals surface area (Å²) in [5.74, 6) is 0.0181. The molecule has 1 saturated heterocycles. The third-order valence-corrected chi connectivity index (χ3v) is 4.88. The summed E-state index contributed by atoms with van der Waals surface area (Å²) in [5, 5.41) is -0.774. The summed E-state index contributed by atoms with van der Waals surface area (Å²) < 4.78 is 44.4. The van der Waals surface area contributed by atoms with E-state index in [0.717, 1.165) is 28.8 Å². The Morgan fingerprint density at radius 3 is 2.58 bits per heavy atom. The number of nitrogens with zero attached hydrogens (tertiary/aromatic N) is 1. The van der Waals surface area contributed by atoms with Crippen molar-refractivity contribution < 1.29 is 27.2 Å². The number of hydrogen-bond donors (Lipinski definition) is 0. The zero-order chi connectivity index (χ0) is 19.1. The number of rotatable bonds is 3. The second kappa shape index (κ2) is 6.85. The Morgan fingerprint density at radius 2 is 1.96 bits per heavy atom. The maximum Gasteiger partial charge on any atom is 0.417 e. The summed E-state index contributed by atoms with van der Waals surface area (Å²) in [5.41, 5.74) is -0.762. The van der Waals surface area contributed by atoms with Crippen LogP contribution in [-0.2, 0) is 11.0 Å². The van der Waals surface area contributed by atoms with Gasteiger partial charge in [0.1, 0.15) is 11.5 Å². The number of alkyl halides is 3. The molecule has 3 rings (SSSR count). The normalized spacial score (nSPS) is 16.8. The topological polar surface area (TPSA) is 50.5 Å². The summed E-state index contributed by atoms with van der Waals surface area (Å²) in [4.78, 5) is 25.0. The van der Waals surface area contributed by atoms with Crippen molar-refractivity contribution in [1.82, 2.24) is 4.90 Å². The molecule has 2 aromatic rings. The van der Waals surface area contributed by atoms with Gasteiger partial charge in [0.15, 0.2) is 0 Å². The van der Waals surface area contributed by atoms with Crippen LogP contribution in [0.4, 0.5) is 18.0 Å². The predicted octanol–water partition coefficient (Wildman–Crippen LogP) is 5.68. The standard InChI is InChI=1S/C17H11ClF3NO3S/c1-2-22-15(23)14(26-16(22)24)8-10-4-6-13(25-10)9-3-5-12(18)11(7-9)17(19,20)21/h3-8H,2H2,1H3. The molecule has 136 valence electrons. The Bertz CT molecular complexity index is 920. The molecule has 0 saturated carbocycles. The molecule has 0 N–H and O–H groups in total. The molecule has 1 aromatic carbocycles. The van der Waals surface area contributed by atoms with E-state index in [9.17, 15) is 22.8 Å². The second-order valence-corrected chi connectivity index (χ2v) is 6.72. The molecule has 0 radical (unpaired) electrons. The molecule has 1 aliphatic rings. The number of thioether (sulfide) groups is 1. The van der Waals surface area contributed by atoms with Crippen LogP contribution in [0.25, 0.3) is 17.4 Å². The summed E-state index contributed by atoms with van der Waals surface area (Å²) in [6, 6.07) is 6.45. The molecule has 1 fully saturated rings. The molecular weight excluding hydrogens is 391 g/mol. The number of carbonyl (C=O) groups excluding carboxylic acids is 2. The highest BCUT2D eigenvalue weighted by molar-refractivity contribution is 8.18. The number of imide groups is 1. The SMILES string of the molecule is CCN1C(=O)SC(=Cc2ccc(-c3ccc(Cl)c(C(F)(F)F)c3)o2)C1=O. The second-order valence-electron chi connectivity index (χ2n) is 5.32. The molecule has 0 unspecified atom stereocenters. The molecular formula is C17H11ClF3NO3S. The van der Waals surface area contributed by atoms with E-state index in [1.807, 2.05) is 0 Å². The van der Waals surface area contributed by atoms with Crippen molar-refractivity contribution in [1.29, 1.82) is 0 Å². The molecule has 2 heterocycles. The van der Waals surface area contributed by atoms with E-state index in [1.165, 1.54) is 24.3 Å². The van der Waals surface area contributed by atoms with Gasteiger partial charge < -0.3 is 4.42 Å². The van der Waals surface area contributed by atoms with E-state index in [2.05, 4.69) is 0 Å². The minimum absolute atomic E-state index is 0.188. The van der Waals surface area contributed by atoms with Crippen LogP contribution in [0.15, 0.2) is 39.7 Å². The van der Waals surface area contributed by atoms with Gasteiger partial charge in [-0.25, -0.2) is 0 Å². The first-order valence-electron chi connectivity index (χ1n) is 7.43. The highest BCUT2D eigenvalue weighted by Gasteiger charge is 2.35. The van der Waals surface area contributed by atoms with Crippen molar-refractivity contribution in [2.75, 3.05) is 6.54 Å². The molecule has 1 aromatic heterocycles. The van der Waals surface area contributed by atoms with Crippen molar-refractivity contribution in [2.24, 2.45) is 0 Å². The Morgan fingerprint density at radius 1 is 1.23 bits per heavy atom. The average molecular weight is 402 g/mol. The van der Waals surface area contributed by atoms with Crippen LogP contribution in [-0.4, -0.2) is 22.6 Å². The summed E-state index contributed by atoms with van der Waals surface area (Å²) in [6.45, 7) is 1.94. The van der Waals surface area contributed by atoms with E-state index in [-0.39, 0.29) is 33.8 Å². The summed E-state index contributed by atoms with van der Waals surface area (Å²) in [7, 11) is 0. The summed E-state index contributed by atoms with van der Waals surface area (Å²) >= 11 is 6.39. The first-order chi connectivity index (χ1) is 12.2. The zero-order valence-electron chi connectivity index (χ0n) is 13.3. The van der Waals surface area contributed by atoms with E-state index >= 15 is 0 Å². The third-order valence-electron chi connectivity index (χ3n) is 3.65. The lowest BCUT2D eigenvalue weighted by molar-refractivity contribution is -0.137. The molecule has 0 atom stereocenters. The Kier molecular flexibility index (Phi) is 4.90. The fraction of sp³-hybridized carbons (Fsp3) is 0.176. The summed E-state index contributed by atoms with van der Waals surface area (Å²) in [6.07, 6.45) is -3.19. The molecule has 4 nitrogen and oxygen atoms in total. The Hall–Kier alpha value is -2.19. The van der Waals surface area contributed by atoms with Gasteiger partial charge in [-0.15, -0.1) is 0 Å². The predicted molar refractivity (Wildman–Crippen MR) is 92.5 cm³/mol. The largest absolute Gasteiger partial charge is 0.457 e. The first kappa shape index (κ1) is 18.6. The van der Waals surface area contributed by atoms with Crippen LogP contribution in [0.1, 0.15) is 18.2 Å². The minimum atomic E-state index is -4.58. The van der Waals surface area contributed by atoms with Crippen molar-refractivity contribution in [3.63, 3.8) is 0 Å². The molecule has 0 spiro atoms. The number of likely N-dealkylation sites (N-methyl/N-ethyl adjacent to an activating group) is 1. The van der Waals surface area contributed by atoms with Gasteiger partial charge in [0.2, 0.25) is 0 Å². The van der Waals surface area contributed by atoms with Gasteiger partial charge in [0.25, 0.3) is 11.1 Å². The van der Waals surface area contributed by atoms with E-state index in [0.29, 0.717) is 0 Å². The lowest BCUT2D eigenvalue weighted by atomic mass is 10.1. The van der Waals surface area contributed by atoms with Gasteiger partial charge in [-0.2, -0.15) is 13.2 Å². The van der Waals surface area contributed by atoms with Gasteiger partial charge in [-0.3, -0.25) is 14.5 Å². The van der Waals surface area contributed by atoms with Crippen LogP contribution in [0.3, 0.4) is 0 Å². The fourth-order valence-corrected chi connectivity index (χ4v) is 3.49. The van der Waals surface area contributed by atoms with Crippen molar-refractivity contribution in [3.05, 3.63) is 51.6 Å². The molecule has 0 aliphatic carbocycles. The van der Waals surface area contributed by atoms with E-state index in [1.54, 1.807) is 6.92 Å². The molecule has 0 bridgehead atoms. The number of amides is 2. The number of furan rings is 1. The minimum Gasteiger partial charge on any atom is -0.457 e. The van der Waals surface area contributed by atoms with Gasteiger partial charge in [0, 0.05) is 18.2 Å². The smallest absolute Gasteiger partial charge is 0.417 e. The van der Waals surface area contributed by atoms with Crippen LogP contribution >= 0.6 is 23.4 Å². The van der Waals surface area contributed by atoms with Gasteiger partial charge >= 0.3 is 6.18 Å². The fourth-order valence-electron chi connectivity index (χ4n) is 2.38. The van der Waals surface area contributed by atoms with Gasteiger partial charge in [0.05, 0.1) is 15.5 Å². The first-order valence-corrected chi connectivity index (χ1v) is 8.62. The maximum atomic E-state index is 13.0. The highest BCUT2D eigenvalue weighted by atomic mass is 35.5. The average Bonchev–Trinajstić information content (AvgIpc) is 3.12. The number of hydrogen-bond acceptors (Lipinski definition) is 4. The molecule has 2 amide bonds. The number of carbonyl (C=O) groups is 2. The van der Waals surface area contributed by atoms with Crippen LogP contribution < -0.4 is 0 Å². The van der Waals surface area contributed by atoms with Crippen molar-refractivity contribution >= 4 is 40.6 Å². The number of halogens is 4. The van der Waals surface area contributed by atoms with Crippen LogP contribution in [0.2, 0.25) is 5.02 Å². The van der Waals surface area contributed by atoms with Crippen LogP contribution in [0.5, 0.6) is 0 Å². The van der Waals surface area contributed by atoms with Crippen molar-refractivity contribution in [2.45, 2.75) is 13.1 Å². The quantitative estimate of drug-likeness (QED) is 0.621. The third kappa shape index (κ3) is 3.52. The molecule has 26 heavy (non-hydrogen) atoms. The Labute approximate surface area is 155 Å². The lowest BCUT2D eigenvalue weighted by Gasteiger charge is -2.09. The van der Waals surface area contributed by atoms with Crippen molar-refractivity contribution in [3.8, 4) is 11.3 Å². The highest BCUT2D eigenvalue weighted by Crippen LogP contribution is 2.38. The molecule has 1 aliphatic heterocycles. The Balaban J connectivity index is 1.91. The maximum absolute atomic E-state index is 13.0. The van der Waals surface area contributed by atoms with Gasteiger partial charge in [-0.05, 0) is 49.0 Å². The number of benzene rings is 1. The van der Waals surface area contributed by atoms with Gasteiger partial charge in [-0.1, -0.05) is 11.6 Å². The monoisotopic (exact) mass is 401 g/mol. The lowest BCUT2D eigenvalue weighted by Crippen LogP contribution is -2.27. The van der Waals surface area contributed by atoms with Crippen LogP contribution in [0, 0.1) is 0 Å². The van der Waals surface area contributed by atoms with E-state index < -0.39 is 22.7 Å².